The number of aryl methyl sites for hydroxylation is 2. The molecule has 0 aliphatic rings. The van der Waals surface area contributed by atoms with E-state index in [1.54, 1.807) is 13.8 Å². The van der Waals surface area contributed by atoms with Crippen molar-refractivity contribution in [3.63, 3.8) is 0 Å². The maximum Gasteiger partial charge on any atom is 0.354 e. The number of carboxylic acid groups (broad SMARTS) is 1. The molecule has 0 aromatic carbocycles. The number of aromatic nitrogens is 2. The SMILES string of the molecule is CCc1c(C)nc(C)nc1C(=O)O. The smallest absolute Gasteiger partial charge is 0.354 e. The average Bonchev–Trinajstić information content (AvgIpc) is 2.02. The van der Waals surface area contributed by atoms with E-state index in [1.165, 1.54) is 0 Å². The number of carbonyl (C=O) groups is 1. The zero-order valence-electron chi connectivity index (χ0n) is 7.96. The first-order valence-corrected chi connectivity index (χ1v) is 4.13. The van der Waals surface area contributed by atoms with E-state index in [0.29, 0.717) is 12.2 Å². The summed E-state index contributed by atoms with van der Waals surface area (Å²) in [6, 6.07) is 0. The molecule has 1 aromatic rings. The monoisotopic (exact) mass is 180 g/mol. The second kappa shape index (κ2) is 3.51. The molecule has 1 rings (SSSR count). The van der Waals surface area contributed by atoms with Crippen molar-refractivity contribution in [2.45, 2.75) is 27.2 Å². The molecule has 70 valence electrons. The average molecular weight is 180 g/mol. The van der Waals surface area contributed by atoms with Crippen LogP contribution < -0.4 is 0 Å². The van der Waals surface area contributed by atoms with Crippen molar-refractivity contribution >= 4 is 5.97 Å². The van der Waals surface area contributed by atoms with Crippen LogP contribution in [0.15, 0.2) is 0 Å². The maximum atomic E-state index is 10.8. The molecule has 0 amide bonds. The van der Waals surface area contributed by atoms with Gasteiger partial charge >= 0.3 is 5.97 Å². The second-order valence-electron chi connectivity index (χ2n) is 2.84. The van der Waals surface area contributed by atoms with E-state index < -0.39 is 5.97 Å². The quantitative estimate of drug-likeness (QED) is 0.746. The van der Waals surface area contributed by atoms with Crippen LogP contribution in [0.2, 0.25) is 0 Å². The van der Waals surface area contributed by atoms with Crippen LogP contribution in [0.1, 0.15) is 34.5 Å². The molecule has 0 fully saturated rings. The van der Waals surface area contributed by atoms with Gasteiger partial charge in [0, 0.05) is 11.3 Å². The summed E-state index contributed by atoms with van der Waals surface area (Å²) in [5.74, 6) is -0.474. The third kappa shape index (κ3) is 1.83. The van der Waals surface area contributed by atoms with Gasteiger partial charge in [0.2, 0.25) is 0 Å². The topological polar surface area (TPSA) is 63.1 Å². The third-order valence-corrected chi connectivity index (χ3v) is 1.88. The fourth-order valence-electron chi connectivity index (χ4n) is 1.34. The standard InChI is InChI=1S/C9H12N2O2/c1-4-7-5(2)10-6(3)11-8(7)9(12)13/h4H2,1-3H3,(H,12,13). The molecule has 13 heavy (non-hydrogen) atoms. The summed E-state index contributed by atoms with van der Waals surface area (Å²) in [5, 5.41) is 8.86. The third-order valence-electron chi connectivity index (χ3n) is 1.88. The van der Waals surface area contributed by atoms with Crippen LogP contribution in [0.5, 0.6) is 0 Å². The normalized spacial score (nSPS) is 10.1. The van der Waals surface area contributed by atoms with Gasteiger partial charge in [0.05, 0.1) is 0 Å². The van der Waals surface area contributed by atoms with Gasteiger partial charge in [0.1, 0.15) is 5.82 Å². The Hall–Kier alpha value is -1.45. The van der Waals surface area contributed by atoms with E-state index in [0.717, 1.165) is 11.3 Å². The number of hydrogen-bond acceptors (Lipinski definition) is 3. The van der Waals surface area contributed by atoms with Gasteiger partial charge in [0.25, 0.3) is 0 Å². The molecule has 0 aliphatic heterocycles. The lowest BCUT2D eigenvalue weighted by Gasteiger charge is -2.06. The van der Waals surface area contributed by atoms with Gasteiger partial charge in [-0.15, -0.1) is 0 Å². The Morgan fingerprint density at radius 2 is 2.00 bits per heavy atom. The van der Waals surface area contributed by atoms with Crippen LogP contribution in [0.25, 0.3) is 0 Å². The molecule has 0 spiro atoms. The van der Waals surface area contributed by atoms with Crippen LogP contribution in [-0.4, -0.2) is 21.0 Å². The predicted octanol–water partition coefficient (Wildman–Crippen LogP) is 1.35. The van der Waals surface area contributed by atoms with Crippen molar-refractivity contribution in [3.8, 4) is 0 Å². The van der Waals surface area contributed by atoms with E-state index in [4.69, 9.17) is 5.11 Å². The first-order valence-electron chi connectivity index (χ1n) is 4.13. The molecule has 0 radical (unpaired) electrons. The molecule has 1 aromatic heterocycles. The Morgan fingerprint density at radius 3 is 2.46 bits per heavy atom. The van der Waals surface area contributed by atoms with Gasteiger partial charge in [-0.1, -0.05) is 6.92 Å². The predicted molar refractivity (Wildman–Crippen MR) is 47.8 cm³/mol. The molecule has 0 saturated heterocycles. The van der Waals surface area contributed by atoms with Crippen LogP contribution in [0, 0.1) is 13.8 Å². The highest BCUT2D eigenvalue weighted by atomic mass is 16.4. The minimum absolute atomic E-state index is 0.132. The van der Waals surface area contributed by atoms with Crippen molar-refractivity contribution < 1.29 is 9.90 Å². The second-order valence-corrected chi connectivity index (χ2v) is 2.84. The lowest BCUT2D eigenvalue weighted by atomic mass is 10.1. The zero-order chi connectivity index (χ0) is 10.0. The largest absolute Gasteiger partial charge is 0.477 e. The Kier molecular flexibility index (Phi) is 2.60. The molecule has 1 N–H and O–H groups in total. The maximum absolute atomic E-state index is 10.8. The van der Waals surface area contributed by atoms with Gasteiger partial charge in [0.15, 0.2) is 5.69 Å². The van der Waals surface area contributed by atoms with Gasteiger partial charge in [-0.25, -0.2) is 14.8 Å². The lowest BCUT2D eigenvalue weighted by molar-refractivity contribution is 0.0688. The first kappa shape index (κ1) is 9.64. The molecule has 0 saturated carbocycles. The summed E-state index contributed by atoms with van der Waals surface area (Å²) in [7, 11) is 0. The Bertz CT molecular complexity index is 348. The summed E-state index contributed by atoms with van der Waals surface area (Å²) < 4.78 is 0. The zero-order valence-corrected chi connectivity index (χ0v) is 7.96. The summed E-state index contributed by atoms with van der Waals surface area (Å²) in [6.45, 7) is 5.40. The fourth-order valence-corrected chi connectivity index (χ4v) is 1.34. The van der Waals surface area contributed by atoms with Crippen molar-refractivity contribution in [2.24, 2.45) is 0 Å². The van der Waals surface area contributed by atoms with E-state index in [2.05, 4.69) is 9.97 Å². The van der Waals surface area contributed by atoms with E-state index >= 15 is 0 Å². The highest BCUT2D eigenvalue weighted by Crippen LogP contribution is 2.11. The number of carboxylic acids is 1. The highest BCUT2D eigenvalue weighted by molar-refractivity contribution is 5.87. The molecule has 4 heteroatoms. The van der Waals surface area contributed by atoms with Crippen molar-refractivity contribution in [2.75, 3.05) is 0 Å². The summed E-state index contributed by atoms with van der Waals surface area (Å²) in [4.78, 5) is 18.8. The van der Waals surface area contributed by atoms with Gasteiger partial charge in [-0.05, 0) is 20.3 Å². The minimum atomic E-state index is -0.981. The molecule has 0 unspecified atom stereocenters. The van der Waals surface area contributed by atoms with Crippen LogP contribution in [-0.2, 0) is 6.42 Å². The molecule has 0 atom stereocenters. The van der Waals surface area contributed by atoms with Crippen LogP contribution in [0.3, 0.4) is 0 Å². The van der Waals surface area contributed by atoms with Gasteiger partial charge in [-0.2, -0.15) is 0 Å². The molecular weight excluding hydrogens is 168 g/mol. The van der Waals surface area contributed by atoms with Crippen molar-refractivity contribution in [1.82, 2.24) is 9.97 Å². The number of aromatic carboxylic acids is 1. The minimum Gasteiger partial charge on any atom is -0.477 e. The molecular formula is C9H12N2O2. The van der Waals surface area contributed by atoms with Crippen LogP contribution in [0.4, 0.5) is 0 Å². The highest BCUT2D eigenvalue weighted by Gasteiger charge is 2.14. The lowest BCUT2D eigenvalue weighted by Crippen LogP contribution is -2.10. The number of hydrogen-bond donors (Lipinski definition) is 1. The summed E-state index contributed by atoms with van der Waals surface area (Å²) >= 11 is 0. The molecule has 0 aliphatic carbocycles. The summed E-state index contributed by atoms with van der Waals surface area (Å²) in [5.41, 5.74) is 1.61. The number of nitrogens with zero attached hydrogens (tertiary/aromatic N) is 2. The number of rotatable bonds is 2. The molecule has 4 nitrogen and oxygen atoms in total. The van der Waals surface area contributed by atoms with Crippen molar-refractivity contribution in [1.29, 1.82) is 0 Å². The Morgan fingerprint density at radius 1 is 1.38 bits per heavy atom. The fraction of sp³-hybridized carbons (Fsp3) is 0.444. The van der Waals surface area contributed by atoms with Gasteiger partial charge in [-0.3, -0.25) is 0 Å². The molecule has 0 bridgehead atoms. The Labute approximate surface area is 76.7 Å². The van der Waals surface area contributed by atoms with Gasteiger partial charge < -0.3 is 5.11 Å². The summed E-state index contributed by atoms with van der Waals surface area (Å²) in [6.07, 6.45) is 0.647. The van der Waals surface area contributed by atoms with E-state index in [-0.39, 0.29) is 5.69 Å². The van der Waals surface area contributed by atoms with Crippen molar-refractivity contribution in [3.05, 3.63) is 22.8 Å². The molecule has 1 heterocycles. The van der Waals surface area contributed by atoms with Crippen LogP contribution >= 0.6 is 0 Å². The van der Waals surface area contributed by atoms with E-state index in [1.807, 2.05) is 6.92 Å². The Balaban J connectivity index is 3.38. The van der Waals surface area contributed by atoms with E-state index in [9.17, 15) is 4.79 Å². The first-order chi connectivity index (χ1) is 6.06.